The molecule has 124 valence electrons. The fourth-order valence-electron chi connectivity index (χ4n) is 2.59. The highest BCUT2D eigenvalue weighted by Gasteiger charge is 2.21. The lowest BCUT2D eigenvalue weighted by molar-refractivity contribution is 0.0639. The molecule has 0 bridgehead atoms. The minimum Gasteiger partial charge on any atom is -0.494 e. The van der Waals surface area contributed by atoms with Gasteiger partial charge in [0.2, 0.25) is 0 Å². The molecule has 1 fully saturated rings. The van der Waals surface area contributed by atoms with E-state index in [-0.39, 0.29) is 5.91 Å². The van der Waals surface area contributed by atoms with Gasteiger partial charge in [-0.3, -0.25) is 9.69 Å². The summed E-state index contributed by atoms with van der Waals surface area (Å²) in [6, 6.07) is 9.58. The van der Waals surface area contributed by atoms with Gasteiger partial charge >= 0.3 is 0 Å². The van der Waals surface area contributed by atoms with Crippen LogP contribution in [-0.2, 0) is 0 Å². The smallest absolute Gasteiger partial charge is 0.253 e. The Morgan fingerprint density at radius 2 is 1.91 bits per heavy atom. The Balaban J connectivity index is 1.83. The molecule has 23 heavy (non-hydrogen) atoms. The molecule has 1 amide bonds. The van der Waals surface area contributed by atoms with E-state index in [4.69, 9.17) is 10.00 Å². The van der Waals surface area contributed by atoms with E-state index in [1.54, 1.807) is 0 Å². The van der Waals surface area contributed by atoms with Crippen molar-refractivity contribution >= 4 is 5.91 Å². The summed E-state index contributed by atoms with van der Waals surface area (Å²) in [7, 11) is 0. The minimum atomic E-state index is 0.0741. The standard InChI is InChI=1S/C18H25N3O2/c1-2-3-15-23-17-7-5-16(6-8-17)18(22)21-13-11-20(12-14-21)10-4-9-19/h5-8H,2-4,10-15H2,1H3. The second kappa shape index (κ2) is 9.16. The molecule has 0 radical (unpaired) electrons. The van der Waals surface area contributed by atoms with Crippen molar-refractivity contribution in [3.05, 3.63) is 29.8 Å². The van der Waals surface area contributed by atoms with Gasteiger partial charge in [-0.25, -0.2) is 0 Å². The fraction of sp³-hybridized carbons (Fsp3) is 0.556. The second-order valence-electron chi connectivity index (χ2n) is 5.77. The van der Waals surface area contributed by atoms with Gasteiger partial charge < -0.3 is 9.64 Å². The van der Waals surface area contributed by atoms with Gasteiger partial charge in [-0.1, -0.05) is 13.3 Å². The summed E-state index contributed by atoms with van der Waals surface area (Å²) in [4.78, 5) is 16.6. The van der Waals surface area contributed by atoms with Crippen molar-refractivity contribution < 1.29 is 9.53 Å². The average Bonchev–Trinajstić information content (AvgIpc) is 2.61. The summed E-state index contributed by atoms with van der Waals surface area (Å²) >= 11 is 0. The number of unbranched alkanes of at least 4 members (excludes halogenated alkanes) is 1. The molecule has 0 atom stereocenters. The van der Waals surface area contributed by atoms with Crippen LogP contribution >= 0.6 is 0 Å². The van der Waals surface area contributed by atoms with Gasteiger partial charge in [-0.2, -0.15) is 5.26 Å². The molecular weight excluding hydrogens is 290 g/mol. The lowest BCUT2D eigenvalue weighted by atomic mass is 10.1. The number of piperazine rings is 1. The maximum Gasteiger partial charge on any atom is 0.253 e. The molecule has 1 heterocycles. The highest BCUT2D eigenvalue weighted by atomic mass is 16.5. The number of amides is 1. The van der Waals surface area contributed by atoms with Gasteiger partial charge in [0.15, 0.2) is 0 Å². The van der Waals surface area contributed by atoms with Crippen LogP contribution in [0.15, 0.2) is 24.3 Å². The molecule has 1 saturated heterocycles. The van der Waals surface area contributed by atoms with E-state index in [9.17, 15) is 4.79 Å². The van der Waals surface area contributed by atoms with Gasteiger partial charge in [-0.05, 0) is 30.7 Å². The van der Waals surface area contributed by atoms with E-state index < -0.39 is 0 Å². The van der Waals surface area contributed by atoms with Crippen LogP contribution in [0, 0.1) is 11.3 Å². The van der Waals surface area contributed by atoms with Crippen LogP contribution in [0.25, 0.3) is 0 Å². The number of hydrogen-bond donors (Lipinski definition) is 0. The van der Waals surface area contributed by atoms with Gasteiger partial charge in [0.05, 0.1) is 12.7 Å². The molecule has 0 spiro atoms. The third-order valence-electron chi connectivity index (χ3n) is 4.07. The molecule has 0 aromatic heterocycles. The quantitative estimate of drug-likeness (QED) is 0.726. The van der Waals surface area contributed by atoms with Crippen LogP contribution < -0.4 is 4.74 Å². The summed E-state index contributed by atoms with van der Waals surface area (Å²) < 4.78 is 5.62. The van der Waals surface area contributed by atoms with Crippen LogP contribution in [0.1, 0.15) is 36.5 Å². The summed E-state index contributed by atoms with van der Waals surface area (Å²) in [5, 5.41) is 8.62. The highest BCUT2D eigenvalue weighted by molar-refractivity contribution is 5.94. The number of carbonyl (C=O) groups is 1. The molecule has 5 nitrogen and oxygen atoms in total. The van der Waals surface area contributed by atoms with E-state index in [0.717, 1.165) is 51.3 Å². The van der Waals surface area contributed by atoms with E-state index in [1.165, 1.54) is 0 Å². The van der Waals surface area contributed by atoms with Crippen molar-refractivity contribution in [1.82, 2.24) is 9.80 Å². The Hall–Kier alpha value is -2.06. The highest BCUT2D eigenvalue weighted by Crippen LogP contribution is 2.15. The zero-order chi connectivity index (χ0) is 16.5. The Kier molecular flexibility index (Phi) is 6.89. The van der Waals surface area contributed by atoms with Gasteiger partial charge in [0.1, 0.15) is 5.75 Å². The van der Waals surface area contributed by atoms with Crippen molar-refractivity contribution in [2.75, 3.05) is 39.3 Å². The zero-order valence-electron chi connectivity index (χ0n) is 13.8. The lowest BCUT2D eigenvalue weighted by Gasteiger charge is -2.34. The second-order valence-corrected chi connectivity index (χ2v) is 5.77. The SMILES string of the molecule is CCCCOc1ccc(C(=O)N2CCN(CCC#N)CC2)cc1. The summed E-state index contributed by atoms with van der Waals surface area (Å²) in [5.41, 5.74) is 0.707. The largest absolute Gasteiger partial charge is 0.494 e. The Labute approximate surface area is 138 Å². The lowest BCUT2D eigenvalue weighted by Crippen LogP contribution is -2.48. The molecule has 0 unspecified atom stereocenters. The first-order valence-corrected chi connectivity index (χ1v) is 8.36. The van der Waals surface area contributed by atoms with Crippen molar-refractivity contribution in [2.24, 2.45) is 0 Å². The van der Waals surface area contributed by atoms with Crippen molar-refractivity contribution in [1.29, 1.82) is 5.26 Å². The summed E-state index contributed by atoms with van der Waals surface area (Å²) in [6.45, 7) is 6.76. The van der Waals surface area contributed by atoms with Gasteiger partial charge in [0, 0.05) is 44.7 Å². The van der Waals surface area contributed by atoms with Gasteiger partial charge in [-0.15, -0.1) is 0 Å². The number of carbonyl (C=O) groups excluding carboxylic acids is 1. The first-order chi connectivity index (χ1) is 11.2. The first-order valence-electron chi connectivity index (χ1n) is 8.36. The molecule has 1 aromatic carbocycles. The third kappa shape index (κ3) is 5.26. The van der Waals surface area contributed by atoms with E-state index in [1.807, 2.05) is 29.2 Å². The molecule has 5 heteroatoms. The van der Waals surface area contributed by atoms with E-state index in [0.29, 0.717) is 18.6 Å². The molecule has 0 N–H and O–H groups in total. The molecule has 1 aliphatic rings. The molecule has 2 rings (SSSR count). The number of nitrogens with zero attached hydrogens (tertiary/aromatic N) is 3. The molecule has 1 aliphatic heterocycles. The Morgan fingerprint density at radius 3 is 2.52 bits per heavy atom. The fourth-order valence-corrected chi connectivity index (χ4v) is 2.59. The molecule has 0 saturated carbocycles. The topological polar surface area (TPSA) is 56.6 Å². The number of hydrogen-bond acceptors (Lipinski definition) is 4. The first kappa shape index (κ1) is 17.3. The molecule has 1 aromatic rings. The Morgan fingerprint density at radius 1 is 1.22 bits per heavy atom. The van der Waals surface area contributed by atoms with Crippen molar-refractivity contribution in [3.63, 3.8) is 0 Å². The third-order valence-corrected chi connectivity index (χ3v) is 4.07. The van der Waals surface area contributed by atoms with Gasteiger partial charge in [0.25, 0.3) is 5.91 Å². The predicted octanol–water partition coefficient (Wildman–Crippen LogP) is 2.54. The van der Waals surface area contributed by atoms with Crippen LogP contribution in [-0.4, -0.2) is 55.0 Å². The van der Waals surface area contributed by atoms with Crippen molar-refractivity contribution in [3.8, 4) is 11.8 Å². The van der Waals surface area contributed by atoms with Crippen LogP contribution in [0.4, 0.5) is 0 Å². The predicted molar refractivity (Wildman–Crippen MR) is 89.4 cm³/mol. The van der Waals surface area contributed by atoms with Crippen molar-refractivity contribution in [2.45, 2.75) is 26.2 Å². The molecule has 0 aliphatic carbocycles. The normalized spacial score (nSPS) is 15.2. The molecular formula is C18H25N3O2. The number of benzene rings is 1. The Bertz CT molecular complexity index is 528. The van der Waals surface area contributed by atoms with Crippen LogP contribution in [0.2, 0.25) is 0 Å². The van der Waals surface area contributed by atoms with Crippen LogP contribution in [0.3, 0.4) is 0 Å². The van der Waals surface area contributed by atoms with E-state index >= 15 is 0 Å². The number of rotatable bonds is 7. The summed E-state index contributed by atoms with van der Waals surface area (Å²) in [6.07, 6.45) is 2.70. The van der Waals surface area contributed by atoms with Crippen LogP contribution in [0.5, 0.6) is 5.75 Å². The number of nitriles is 1. The van der Waals surface area contributed by atoms with E-state index in [2.05, 4.69) is 17.9 Å². The maximum absolute atomic E-state index is 12.5. The zero-order valence-corrected chi connectivity index (χ0v) is 13.8. The minimum absolute atomic E-state index is 0.0741. The summed E-state index contributed by atoms with van der Waals surface area (Å²) in [5.74, 6) is 0.890. The average molecular weight is 315 g/mol. The maximum atomic E-state index is 12.5. The monoisotopic (exact) mass is 315 g/mol. The number of ether oxygens (including phenoxy) is 1.